The Morgan fingerprint density at radius 1 is 1.26 bits per heavy atom. The first-order valence-corrected chi connectivity index (χ1v) is 8.35. The van der Waals surface area contributed by atoms with Crippen molar-refractivity contribution in [2.24, 2.45) is 0 Å². The number of aliphatic hydroxyl groups is 1. The van der Waals surface area contributed by atoms with Crippen molar-refractivity contribution in [1.29, 1.82) is 0 Å². The molecule has 0 unspecified atom stereocenters. The van der Waals surface area contributed by atoms with Gasteiger partial charge in [-0.3, -0.25) is 14.9 Å². The van der Waals surface area contributed by atoms with E-state index in [4.69, 9.17) is 21.4 Å². The van der Waals surface area contributed by atoms with E-state index in [0.29, 0.717) is 10.6 Å². The molecule has 1 atom stereocenters. The van der Waals surface area contributed by atoms with Gasteiger partial charge in [-0.25, -0.2) is 4.79 Å². The number of ether oxygens (including phenoxy) is 1. The van der Waals surface area contributed by atoms with Gasteiger partial charge in [-0.2, -0.15) is 0 Å². The fourth-order valence-electron chi connectivity index (χ4n) is 2.29. The summed E-state index contributed by atoms with van der Waals surface area (Å²) in [6.45, 7) is 1.35. The highest BCUT2D eigenvalue weighted by Gasteiger charge is 2.24. The molecule has 0 saturated carbocycles. The van der Waals surface area contributed by atoms with Crippen LogP contribution in [0.25, 0.3) is 0 Å². The van der Waals surface area contributed by atoms with Gasteiger partial charge >= 0.3 is 5.97 Å². The van der Waals surface area contributed by atoms with E-state index in [2.05, 4.69) is 5.32 Å². The van der Waals surface area contributed by atoms with E-state index in [0.717, 1.165) is 6.07 Å². The summed E-state index contributed by atoms with van der Waals surface area (Å²) >= 11 is 5.78. The fraction of sp³-hybridized carbons (Fsp3) is 0.222. The van der Waals surface area contributed by atoms with Crippen LogP contribution >= 0.6 is 11.6 Å². The Kier molecular flexibility index (Phi) is 6.86. The molecular formula is C18H17ClN2O6. The molecule has 0 radical (unpaired) electrons. The molecule has 0 spiro atoms. The van der Waals surface area contributed by atoms with Gasteiger partial charge < -0.3 is 15.2 Å². The predicted molar refractivity (Wildman–Crippen MR) is 99.3 cm³/mol. The van der Waals surface area contributed by atoms with Crippen molar-refractivity contribution in [3.05, 3.63) is 68.7 Å². The van der Waals surface area contributed by atoms with Crippen molar-refractivity contribution in [2.45, 2.75) is 13.0 Å². The summed E-state index contributed by atoms with van der Waals surface area (Å²) in [6.07, 6.45) is -1.11. The molecule has 8 nitrogen and oxygen atoms in total. The van der Waals surface area contributed by atoms with E-state index in [9.17, 15) is 19.7 Å². The van der Waals surface area contributed by atoms with Gasteiger partial charge in [-0.05, 0) is 37.3 Å². The number of ketones is 1. The molecule has 0 aliphatic carbocycles. The zero-order valence-corrected chi connectivity index (χ0v) is 15.1. The van der Waals surface area contributed by atoms with E-state index in [1.165, 1.54) is 31.2 Å². The fourth-order valence-corrected chi connectivity index (χ4v) is 2.41. The van der Waals surface area contributed by atoms with Crippen LogP contribution in [0.1, 0.15) is 27.6 Å². The number of nitrogens with one attached hydrogen (secondary N) is 1. The lowest BCUT2D eigenvalue weighted by atomic mass is 10.1. The number of nitro groups is 1. The number of hydrogen-bond acceptors (Lipinski definition) is 7. The second-order valence-corrected chi connectivity index (χ2v) is 5.99. The van der Waals surface area contributed by atoms with Crippen molar-refractivity contribution in [3.8, 4) is 0 Å². The van der Waals surface area contributed by atoms with Crippen LogP contribution < -0.4 is 5.32 Å². The lowest BCUT2D eigenvalue weighted by Gasteiger charge is -2.15. The maximum atomic E-state index is 12.5. The minimum absolute atomic E-state index is 0.103. The third kappa shape index (κ3) is 5.25. The number of benzene rings is 2. The lowest BCUT2D eigenvalue weighted by Crippen LogP contribution is -2.25. The van der Waals surface area contributed by atoms with Gasteiger partial charge in [0, 0.05) is 35.0 Å². The summed E-state index contributed by atoms with van der Waals surface area (Å²) in [4.78, 5) is 35.2. The number of carbonyl (C=O) groups is 2. The molecule has 0 heterocycles. The van der Waals surface area contributed by atoms with E-state index >= 15 is 0 Å². The topological polar surface area (TPSA) is 119 Å². The number of nitro benzene ring substituents is 1. The van der Waals surface area contributed by atoms with E-state index < -0.39 is 22.8 Å². The van der Waals surface area contributed by atoms with Crippen LogP contribution in [0.5, 0.6) is 0 Å². The van der Waals surface area contributed by atoms with Gasteiger partial charge in [0.1, 0.15) is 0 Å². The van der Waals surface area contributed by atoms with Crippen molar-refractivity contribution in [1.82, 2.24) is 0 Å². The van der Waals surface area contributed by atoms with E-state index in [-0.39, 0.29) is 30.1 Å². The first-order chi connectivity index (χ1) is 12.8. The molecule has 27 heavy (non-hydrogen) atoms. The summed E-state index contributed by atoms with van der Waals surface area (Å²) in [7, 11) is 0. The molecule has 2 N–H and O–H groups in total. The van der Waals surface area contributed by atoms with Crippen molar-refractivity contribution in [3.63, 3.8) is 0 Å². The molecule has 9 heteroatoms. The Morgan fingerprint density at radius 2 is 1.93 bits per heavy atom. The number of hydrogen-bond donors (Lipinski definition) is 2. The molecule has 142 valence electrons. The lowest BCUT2D eigenvalue weighted by molar-refractivity contribution is -0.384. The molecule has 2 aromatic carbocycles. The Balaban J connectivity index is 2.22. The highest BCUT2D eigenvalue weighted by Crippen LogP contribution is 2.24. The molecule has 2 aromatic rings. The molecule has 0 aliphatic heterocycles. The molecule has 0 aliphatic rings. The molecule has 0 fully saturated rings. The van der Waals surface area contributed by atoms with Gasteiger partial charge in [0.2, 0.25) is 5.78 Å². The van der Waals surface area contributed by atoms with E-state index in [1.807, 2.05) is 0 Å². The van der Waals surface area contributed by atoms with Gasteiger partial charge in [0.25, 0.3) is 5.69 Å². The van der Waals surface area contributed by atoms with Crippen LogP contribution in [-0.2, 0) is 4.74 Å². The third-order valence-corrected chi connectivity index (χ3v) is 3.89. The number of nitrogens with zero attached hydrogens (tertiary/aromatic N) is 1. The number of anilines is 1. The summed E-state index contributed by atoms with van der Waals surface area (Å²) in [6, 6.07) is 9.73. The van der Waals surface area contributed by atoms with Gasteiger partial charge in [0.05, 0.1) is 17.1 Å². The highest BCUT2D eigenvalue weighted by molar-refractivity contribution is 6.30. The predicted octanol–water partition coefficient (Wildman–Crippen LogP) is 3.08. The number of Topliss-reactive ketones (excluding diaryl/α,β-unsaturated/α-hetero) is 1. The van der Waals surface area contributed by atoms with Crippen LogP contribution in [0.15, 0.2) is 42.5 Å². The SMILES string of the molecule is C[C@@H](OC(=O)c1cc([N+](=O)[O-])ccc1NCCO)C(=O)c1ccc(Cl)cc1. The summed E-state index contributed by atoms with van der Waals surface area (Å²) < 4.78 is 5.19. The van der Waals surface area contributed by atoms with Gasteiger partial charge in [-0.1, -0.05) is 11.6 Å². The Hall–Kier alpha value is -2.97. The zero-order chi connectivity index (χ0) is 20.0. The van der Waals surface area contributed by atoms with Crippen LogP contribution in [0.4, 0.5) is 11.4 Å². The van der Waals surface area contributed by atoms with Crippen molar-refractivity contribution >= 4 is 34.7 Å². The van der Waals surface area contributed by atoms with Crippen molar-refractivity contribution < 1.29 is 24.4 Å². The van der Waals surface area contributed by atoms with Gasteiger partial charge in [0.15, 0.2) is 6.10 Å². The van der Waals surface area contributed by atoms with Crippen LogP contribution in [-0.4, -0.2) is 41.0 Å². The molecule has 0 amide bonds. The summed E-state index contributed by atoms with van der Waals surface area (Å²) in [5.74, 6) is -1.33. The number of carbonyl (C=O) groups excluding carboxylic acids is 2. The van der Waals surface area contributed by atoms with Crippen molar-refractivity contribution in [2.75, 3.05) is 18.5 Å². The Morgan fingerprint density at radius 3 is 2.52 bits per heavy atom. The summed E-state index contributed by atoms with van der Waals surface area (Å²) in [5.41, 5.74) is 0.171. The number of rotatable bonds is 8. The van der Waals surface area contributed by atoms with Crippen LogP contribution in [0.2, 0.25) is 5.02 Å². The molecular weight excluding hydrogens is 376 g/mol. The largest absolute Gasteiger partial charge is 0.451 e. The average Bonchev–Trinajstić information content (AvgIpc) is 2.66. The van der Waals surface area contributed by atoms with Crippen LogP contribution in [0.3, 0.4) is 0 Å². The number of esters is 1. The second kappa shape index (κ2) is 9.11. The monoisotopic (exact) mass is 392 g/mol. The standard InChI is InChI=1S/C18H17ClN2O6/c1-11(17(23)12-2-4-13(19)5-3-12)27-18(24)15-10-14(21(25)26)6-7-16(15)20-8-9-22/h2-7,10-11,20,22H,8-9H2,1H3/t11-/m1/s1. The van der Waals surface area contributed by atoms with Gasteiger partial charge in [-0.15, -0.1) is 0 Å². The quantitative estimate of drug-likeness (QED) is 0.306. The smallest absolute Gasteiger partial charge is 0.341 e. The average molecular weight is 393 g/mol. The minimum atomic E-state index is -1.11. The molecule has 2 rings (SSSR count). The highest BCUT2D eigenvalue weighted by atomic mass is 35.5. The minimum Gasteiger partial charge on any atom is -0.451 e. The third-order valence-electron chi connectivity index (χ3n) is 3.64. The number of non-ortho nitro benzene ring substituents is 1. The number of aliphatic hydroxyl groups excluding tert-OH is 1. The number of halogens is 1. The molecule has 0 bridgehead atoms. The maximum absolute atomic E-state index is 12.5. The first-order valence-electron chi connectivity index (χ1n) is 7.97. The van der Waals surface area contributed by atoms with Crippen LogP contribution in [0, 0.1) is 10.1 Å². The molecule has 0 saturated heterocycles. The Bertz CT molecular complexity index is 853. The summed E-state index contributed by atoms with van der Waals surface area (Å²) in [5, 5.41) is 23.1. The normalized spacial score (nSPS) is 11.5. The maximum Gasteiger partial charge on any atom is 0.341 e. The molecule has 0 aromatic heterocycles. The zero-order valence-electron chi connectivity index (χ0n) is 14.3. The Labute approximate surface area is 159 Å². The van der Waals surface area contributed by atoms with E-state index in [1.54, 1.807) is 12.1 Å². The first kappa shape index (κ1) is 20.3. The second-order valence-electron chi connectivity index (χ2n) is 5.56.